The summed E-state index contributed by atoms with van der Waals surface area (Å²) in [6, 6.07) is 6.30. The van der Waals surface area contributed by atoms with Crippen molar-refractivity contribution in [2.45, 2.75) is 19.9 Å². The molecule has 0 N–H and O–H groups in total. The molecule has 2 heterocycles. The predicted molar refractivity (Wildman–Crippen MR) is 92.1 cm³/mol. The molecular formula is C18H29N3O2. The van der Waals surface area contributed by atoms with E-state index in [-0.39, 0.29) is 0 Å². The number of hydrogen-bond acceptors (Lipinski definition) is 5. The Morgan fingerprint density at radius 2 is 1.78 bits per heavy atom. The van der Waals surface area contributed by atoms with Crippen LogP contribution in [0.25, 0.3) is 0 Å². The summed E-state index contributed by atoms with van der Waals surface area (Å²) in [6.45, 7) is 11.8. The van der Waals surface area contributed by atoms with Crippen LogP contribution in [0.3, 0.4) is 0 Å². The van der Waals surface area contributed by atoms with Gasteiger partial charge in [0.2, 0.25) is 6.79 Å². The highest BCUT2D eigenvalue weighted by atomic mass is 16.7. The Labute approximate surface area is 139 Å². The SMILES string of the molecule is CCN(C)CCCN1CCN(Cc2ccc3c(c2)OCO3)CC1. The van der Waals surface area contributed by atoms with Gasteiger partial charge < -0.3 is 19.3 Å². The smallest absolute Gasteiger partial charge is 0.231 e. The van der Waals surface area contributed by atoms with Gasteiger partial charge >= 0.3 is 0 Å². The number of fused-ring (bicyclic) bond motifs is 1. The van der Waals surface area contributed by atoms with Crippen LogP contribution in [0.4, 0.5) is 0 Å². The lowest BCUT2D eigenvalue weighted by Gasteiger charge is -2.35. The van der Waals surface area contributed by atoms with Gasteiger partial charge in [-0.3, -0.25) is 4.90 Å². The largest absolute Gasteiger partial charge is 0.454 e. The van der Waals surface area contributed by atoms with Gasteiger partial charge in [0.15, 0.2) is 11.5 Å². The lowest BCUT2D eigenvalue weighted by molar-refractivity contribution is 0.123. The van der Waals surface area contributed by atoms with Crippen molar-refractivity contribution in [3.8, 4) is 11.5 Å². The number of nitrogens with zero attached hydrogens (tertiary/aromatic N) is 3. The number of benzene rings is 1. The number of hydrogen-bond donors (Lipinski definition) is 0. The molecule has 5 heteroatoms. The molecule has 1 saturated heterocycles. The molecule has 1 aromatic carbocycles. The average molecular weight is 319 g/mol. The van der Waals surface area contributed by atoms with Gasteiger partial charge in [0, 0.05) is 32.7 Å². The van der Waals surface area contributed by atoms with Crippen LogP contribution < -0.4 is 9.47 Å². The van der Waals surface area contributed by atoms with Crippen LogP contribution >= 0.6 is 0 Å². The van der Waals surface area contributed by atoms with Crippen molar-refractivity contribution in [3.63, 3.8) is 0 Å². The summed E-state index contributed by atoms with van der Waals surface area (Å²) in [7, 11) is 2.20. The molecule has 0 amide bonds. The molecule has 0 spiro atoms. The molecule has 0 atom stereocenters. The van der Waals surface area contributed by atoms with Crippen LogP contribution in [0.5, 0.6) is 11.5 Å². The highest BCUT2D eigenvalue weighted by molar-refractivity contribution is 5.44. The zero-order valence-corrected chi connectivity index (χ0v) is 14.5. The molecule has 0 aromatic heterocycles. The summed E-state index contributed by atoms with van der Waals surface area (Å²) in [5.41, 5.74) is 1.31. The van der Waals surface area contributed by atoms with Gasteiger partial charge in [-0.15, -0.1) is 0 Å². The topological polar surface area (TPSA) is 28.2 Å². The van der Waals surface area contributed by atoms with E-state index >= 15 is 0 Å². The minimum Gasteiger partial charge on any atom is -0.454 e. The molecule has 5 nitrogen and oxygen atoms in total. The second-order valence-electron chi connectivity index (χ2n) is 6.55. The fourth-order valence-electron chi connectivity index (χ4n) is 3.19. The lowest BCUT2D eigenvalue weighted by Crippen LogP contribution is -2.46. The summed E-state index contributed by atoms with van der Waals surface area (Å²) in [5, 5.41) is 0. The van der Waals surface area contributed by atoms with Gasteiger partial charge in [0.1, 0.15) is 0 Å². The first-order valence-corrected chi connectivity index (χ1v) is 8.76. The highest BCUT2D eigenvalue weighted by Crippen LogP contribution is 2.32. The minimum atomic E-state index is 0.352. The van der Waals surface area contributed by atoms with Gasteiger partial charge in [-0.2, -0.15) is 0 Å². The summed E-state index contributed by atoms with van der Waals surface area (Å²) in [4.78, 5) is 7.52. The molecule has 2 aliphatic heterocycles. The van der Waals surface area contributed by atoms with Gasteiger partial charge in [-0.25, -0.2) is 0 Å². The molecule has 23 heavy (non-hydrogen) atoms. The molecular weight excluding hydrogens is 290 g/mol. The van der Waals surface area contributed by atoms with Gasteiger partial charge in [-0.1, -0.05) is 13.0 Å². The maximum atomic E-state index is 5.47. The Hall–Kier alpha value is -1.30. The van der Waals surface area contributed by atoms with Gasteiger partial charge in [-0.05, 0) is 50.8 Å². The van der Waals surface area contributed by atoms with Crippen molar-refractivity contribution >= 4 is 0 Å². The van der Waals surface area contributed by atoms with Crippen molar-refractivity contribution in [2.24, 2.45) is 0 Å². The summed E-state index contributed by atoms with van der Waals surface area (Å²) < 4.78 is 10.8. The fraction of sp³-hybridized carbons (Fsp3) is 0.667. The van der Waals surface area contributed by atoms with Crippen LogP contribution in [0, 0.1) is 0 Å². The van der Waals surface area contributed by atoms with Crippen molar-refractivity contribution < 1.29 is 9.47 Å². The van der Waals surface area contributed by atoms with Crippen LogP contribution in [0.15, 0.2) is 18.2 Å². The molecule has 0 bridgehead atoms. The first kappa shape index (κ1) is 16.6. The number of rotatable bonds is 7. The Morgan fingerprint density at radius 1 is 1.04 bits per heavy atom. The maximum Gasteiger partial charge on any atom is 0.231 e. The Balaban J connectivity index is 1.39. The van der Waals surface area contributed by atoms with Crippen LogP contribution in [-0.2, 0) is 6.54 Å². The Bertz CT molecular complexity index is 501. The molecule has 2 aliphatic rings. The predicted octanol–water partition coefficient (Wildman–Crippen LogP) is 1.87. The van der Waals surface area contributed by atoms with Crippen molar-refractivity contribution in [1.82, 2.24) is 14.7 Å². The first-order valence-electron chi connectivity index (χ1n) is 8.76. The lowest BCUT2D eigenvalue weighted by atomic mass is 10.1. The zero-order valence-electron chi connectivity index (χ0n) is 14.5. The molecule has 1 aromatic rings. The third kappa shape index (κ3) is 4.59. The van der Waals surface area contributed by atoms with E-state index in [2.05, 4.69) is 40.8 Å². The van der Waals surface area contributed by atoms with E-state index in [1.807, 2.05) is 6.07 Å². The molecule has 0 unspecified atom stereocenters. The van der Waals surface area contributed by atoms with Gasteiger partial charge in [0.25, 0.3) is 0 Å². The van der Waals surface area contributed by atoms with E-state index in [4.69, 9.17) is 9.47 Å². The minimum absolute atomic E-state index is 0.352. The van der Waals surface area contributed by atoms with E-state index in [1.165, 1.54) is 38.2 Å². The Morgan fingerprint density at radius 3 is 2.57 bits per heavy atom. The normalized spacial score (nSPS) is 18.7. The number of ether oxygens (including phenoxy) is 2. The maximum absolute atomic E-state index is 5.47. The average Bonchev–Trinajstić information content (AvgIpc) is 3.04. The van der Waals surface area contributed by atoms with E-state index in [0.717, 1.165) is 37.7 Å². The highest BCUT2D eigenvalue weighted by Gasteiger charge is 2.18. The van der Waals surface area contributed by atoms with Crippen LogP contribution in [0.1, 0.15) is 18.9 Å². The zero-order chi connectivity index (χ0) is 16.1. The molecule has 0 saturated carbocycles. The third-order valence-corrected chi connectivity index (χ3v) is 4.86. The van der Waals surface area contributed by atoms with E-state index in [9.17, 15) is 0 Å². The van der Waals surface area contributed by atoms with Crippen molar-refractivity contribution in [2.75, 3.05) is 59.7 Å². The quantitative estimate of drug-likeness (QED) is 0.765. The summed E-state index contributed by atoms with van der Waals surface area (Å²) in [6.07, 6.45) is 1.27. The Kier molecular flexibility index (Phi) is 5.75. The monoisotopic (exact) mass is 319 g/mol. The van der Waals surface area contributed by atoms with Crippen molar-refractivity contribution in [3.05, 3.63) is 23.8 Å². The standard InChI is InChI=1S/C18H29N3O2/c1-3-19(2)7-4-8-20-9-11-21(12-10-20)14-16-5-6-17-18(13-16)23-15-22-17/h5-6,13H,3-4,7-12,14-15H2,1-2H3. The summed E-state index contributed by atoms with van der Waals surface area (Å²) >= 11 is 0. The molecule has 1 fully saturated rings. The second kappa shape index (κ2) is 7.99. The summed E-state index contributed by atoms with van der Waals surface area (Å²) in [5.74, 6) is 1.76. The molecule has 0 aliphatic carbocycles. The van der Waals surface area contributed by atoms with Gasteiger partial charge in [0.05, 0.1) is 0 Å². The van der Waals surface area contributed by atoms with Crippen LogP contribution in [0.2, 0.25) is 0 Å². The van der Waals surface area contributed by atoms with E-state index in [1.54, 1.807) is 0 Å². The van der Waals surface area contributed by atoms with E-state index < -0.39 is 0 Å². The molecule has 0 radical (unpaired) electrons. The fourth-order valence-corrected chi connectivity index (χ4v) is 3.19. The molecule has 3 rings (SSSR count). The number of piperazine rings is 1. The molecule has 128 valence electrons. The van der Waals surface area contributed by atoms with Crippen LogP contribution in [-0.4, -0.2) is 74.4 Å². The first-order chi connectivity index (χ1) is 11.2. The van der Waals surface area contributed by atoms with E-state index in [0.29, 0.717) is 6.79 Å². The van der Waals surface area contributed by atoms with Crippen molar-refractivity contribution in [1.29, 1.82) is 0 Å². The second-order valence-corrected chi connectivity index (χ2v) is 6.55. The third-order valence-electron chi connectivity index (χ3n) is 4.86.